The Bertz CT molecular complexity index is 392. The second kappa shape index (κ2) is 7.64. The zero-order valence-electron chi connectivity index (χ0n) is 9.99. The molecule has 0 heterocycles. The molecule has 1 aromatic rings. The molecule has 0 fully saturated rings. The molecule has 0 bridgehead atoms. The summed E-state index contributed by atoms with van der Waals surface area (Å²) in [4.78, 5) is 0. The summed E-state index contributed by atoms with van der Waals surface area (Å²) in [6, 6.07) is 9.58. The standard InChI is InChI=1S/C13H17N3S/c1-2-3-8-15-13(17)16-10-12-6-4-11(9-14)5-7-12/h4-7H,2-3,8,10H2,1H3,(H2,15,16,17). The molecule has 0 spiro atoms. The molecule has 0 aliphatic heterocycles. The number of rotatable bonds is 5. The number of unbranched alkanes of at least 4 members (excludes halogenated alkanes) is 1. The summed E-state index contributed by atoms with van der Waals surface area (Å²) in [7, 11) is 0. The van der Waals surface area contributed by atoms with E-state index >= 15 is 0 Å². The topological polar surface area (TPSA) is 47.8 Å². The minimum Gasteiger partial charge on any atom is -0.363 e. The fourth-order valence-electron chi connectivity index (χ4n) is 1.32. The van der Waals surface area contributed by atoms with Gasteiger partial charge in [-0.15, -0.1) is 0 Å². The van der Waals surface area contributed by atoms with Crippen LogP contribution >= 0.6 is 12.2 Å². The largest absolute Gasteiger partial charge is 0.363 e. The van der Waals surface area contributed by atoms with Gasteiger partial charge >= 0.3 is 0 Å². The lowest BCUT2D eigenvalue weighted by atomic mass is 10.1. The van der Waals surface area contributed by atoms with Gasteiger partial charge in [-0.1, -0.05) is 25.5 Å². The Balaban J connectivity index is 2.30. The van der Waals surface area contributed by atoms with Crippen LogP contribution in [0.1, 0.15) is 30.9 Å². The maximum Gasteiger partial charge on any atom is 0.166 e. The molecule has 0 saturated heterocycles. The lowest BCUT2D eigenvalue weighted by Gasteiger charge is -2.09. The molecule has 0 aliphatic carbocycles. The van der Waals surface area contributed by atoms with Crippen molar-refractivity contribution < 1.29 is 0 Å². The number of hydrogen-bond acceptors (Lipinski definition) is 2. The second-order valence-electron chi connectivity index (χ2n) is 3.77. The van der Waals surface area contributed by atoms with Crippen LogP contribution < -0.4 is 10.6 Å². The third kappa shape index (κ3) is 5.32. The third-order valence-corrected chi connectivity index (χ3v) is 2.64. The normalized spacial score (nSPS) is 9.41. The summed E-state index contributed by atoms with van der Waals surface area (Å²) in [6.45, 7) is 3.74. The van der Waals surface area contributed by atoms with Gasteiger partial charge in [0.2, 0.25) is 0 Å². The van der Waals surface area contributed by atoms with Crippen molar-refractivity contribution >= 4 is 17.3 Å². The van der Waals surface area contributed by atoms with Crippen LogP contribution in [0.25, 0.3) is 0 Å². The molecule has 0 saturated carbocycles. The molecule has 1 aromatic carbocycles. The Kier molecular flexibility index (Phi) is 6.05. The zero-order chi connectivity index (χ0) is 12.5. The van der Waals surface area contributed by atoms with Gasteiger partial charge in [0.05, 0.1) is 11.6 Å². The molecule has 0 aromatic heterocycles. The molecule has 17 heavy (non-hydrogen) atoms. The van der Waals surface area contributed by atoms with Crippen molar-refractivity contribution in [2.24, 2.45) is 0 Å². The molecule has 0 amide bonds. The summed E-state index contributed by atoms with van der Waals surface area (Å²) in [5.74, 6) is 0. The van der Waals surface area contributed by atoms with E-state index in [0.717, 1.165) is 24.9 Å². The van der Waals surface area contributed by atoms with Gasteiger partial charge in [-0.05, 0) is 36.3 Å². The second-order valence-corrected chi connectivity index (χ2v) is 4.18. The van der Waals surface area contributed by atoms with Crippen molar-refractivity contribution in [1.29, 1.82) is 5.26 Å². The predicted octanol–water partition coefficient (Wildman–Crippen LogP) is 2.32. The predicted molar refractivity (Wildman–Crippen MR) is 73.5 cm³/mol. The molecule has 0 radical (unpaired) electrons. The van der Waals surface area contributed by atoms with Crippen molar-refractivity contribution in [3.8, 4) is 6.07 Å². The van der Waals surface area contributed by atoms with E-state index in [0.29, 0.717) is 17.2 Å². The summed E-state index contributed by atoms with van der Waals surface area (Å²) >= 11 is 5.14. The van der Waals surface area contributed by atoms with Gasteiger partial charge in [0.25, 0.3) is 0 Å². The van der Waals surface area contributed by atoms with E-state index in [9.17, 15) is 0 Å². The van der Waals surface area contributed by atoms with Crippen molar-refractivity contribution in [3.05, 3.63) is 35.4 Å². The van der Waals surface area contributed by atoms with Crippen LogP contribution in [0.5, 0.6) is 0 Å². The lowest BCUT2D eigenvalue weighted by molar-refractivity contribution is 0.739. The van der Waals surface area contributed by atoms with Crippen LogP contribution in [-0.4, -0.2) is 11.7 Å². The minimum atomic E-state index is 0.678. The third-order valence-electron chi connectivity index (χ3n) is 2.35. The van der Waals surface area contributed by atoms with E-state index in [1.165, 1.54) is 0 Å². The van der Waals surface area contributed by atoms with E-state index in [1.54, 1.807) is 0 Å². The highest BCUT2D eigenvalue weighted by Crippen LogP contribution is 2.02. The van der Waals surface area contributed by atoms with Gasteiger partial charge in [0.1, 0.15) is 0 Å². The average molecular weight is 247 g/mol. The van der Waals surface area contributed by atoms with Gasteiger partial charge in [-0.3, -0.25) is 0 Å². The van der Waals surface area contributed by atoms with Gasteiger partial charge in [-0.2, -0.15) is 5.26 Å². The zero-order valence-corrected chi connectivity index (χ0v) is 10.8. The van der Waals surface area contributed by atoms with E-state index in [-0.39, 0.29) is 0 Å². The first-order valence-electron chi connectivity index (χ1n) is 5.77. The van der Waals surface area contributed by atoms with Gasteiger partial charge < -0.3 is 10.6 Å². The number of thiocarbonyl (C=S) groups is 1. The summed E-state index contributed by atoms with van der Waals surface area (Å²) in [6.07, 6.45) is 2.28. The van der Waals surface area contributed by atoms with Crippen molar-refractivity contribution in [1.82, 2.24) is 10.6 Å². The fraction of sp³-hybridized carbons (Fsp3) is 0.385. The maximum absolute atomic E-state index is 8.67. The van der Waals surface area contributed by atoms with E-state index in [1.807, 2.05) is 24.3 Å². The molecule has 2 N–H and O–H groups in total. The van der Waals surface area contributed by atoms with Crippen LogP contribution in [-0.2, 0) is 6.54 Å². The Hall–Kier alpha value is -1.60. The Morgan fingerprint density at radius 1 is 1.29 bits per heavy atom. The van der Waals surface area contributed by atoms with E-state index in [2.05, 4.69) is 23.6 Å². The lowest BCUT2D eigenvalue weighted by Crippen LogP contribution is -2.35. The van der Waals surface area contributed by atoms with Gasteiger partial charge in [-0.25, -0.2) is 0 Å². The molecular formula is C13H17N3S. The quantitative estimate of drug-likeness (QED) is 0.619. The minimum absolute atomic E-state index is 0.678. The van der Waals surface area contributed by atoms with Crippen LogP contribution in [0.3, 0.4) is 0 Å². The Morgan fingerprint density at radius 3 is 2.59 bits per heavy atom. The number of benzene rings is 1. The first kappa shape index (κ1) is 13.5. The molecule has 0 unspecified atom stereocenters. The Morgan fingerprint density at radius 2 is 2.00 bits per heavy atom. The number of nitrogens with zero attached hydrogens (tertiary/aromatic N) is 1. The summed E-state index contributed by atoms with van der Waals surface area (Å²) in [5.41, 5.74) is 1.79. The van der Waals surface area contributed by atoms with E-state index < -0.39 is 0 Å². The molecule has 4 heteroatoms. The number of nitriles is 1. The highest BCUT2D eigenvalue weighted by Gasteiger charge is 1.96. The summed E-state index contributed by atoms with van der Waals surface area (Å²) < 4.78 is 0. The monoisotopic (exact) mass is 247 g/mol. The first-order chi connectivity index (χ1) is 8.26. The molecular weight excluding hydrogens is 230 g/mol. The smallest absolute Gasteiger partial charge is 0.166 e. The fourth-order valence-corrected chi connectivity index (χ4v) is 1.49. The van der Waals surface area contributed by atoms with Gasteiger partial charge in [0.15, 0.2) is 5.11 Å². The van der Waals surface area contributed by atoms with Crippen molar-refractivity contribution in [2.45, 2.75) is 26.3 Å². The van der Waals surface area contributed by atoms with E-state index in [4.69, 9.17) is 17.5 Å². The SMILES string of the molecule is CCCCNC(=S)NCc1ccc(C#N)cc1. The van der Waals surface area contributed by atoms with Crippen LogP contribution in [0, 0.1) is 11.3 Å². The highest BCUT2D eigenvalue weighted by atomic mass is 32.1. The number of nitrogens with one attached hydrogen (secondary N) is 2. The van der Waals surface area contributed by atoms with Crippen LogP contribution in [0.2, 0.25) is 0 Å². The molecule has 90 valence electrons. The summed E-state index contributed by atoms with van der Waals surface area (Å²) in [5, 5.41) is 15.6. The maximum atomic E-state index is 8.67. The molecule has 3 nitrogen and oxygen atoms in total. The highest BCUT2D eigenvalue weighted by molar-refractivity contribution is 7.80. The molecule has 1 rings (SSSR count). The van der Waals surface area contributed by atoms with Crippen LogP contribution in [0.15, 0.2) is 24.3 Å². The first-order valence-corrected chi connectivity index (χ1v) is 6.18. The molecule has 0 atom stereocenters. The average Bonchev–Trinajstić information content (AvgIpc) is 2.37. The van der Waals surface area contributed by atoms with Gasteiger partial charge in [0, 0.05) is 13.1 Å². The van der Waals surface area contributed by atoms with Crippen molar-refractivity contribution in [2.75, 3.05) is 6.54 Å². The molecule has 0 aliphatic rings. The van der Waals surface area contributed by atoms with Crippen LogP contribution in [0.4, 0.5) is 0 Å². The Labute approximate surface area is 108 Å². The van der Waals surface area contributed by atoms with Crippen molar-refractivity contribution in [3.63, 3.8) is 0 Å². The number of hydrogen-bond donors (Lipinski definition) is 2.